The standard InChI is InChI=1S/C28H32N2O5/c1-17(2)14-25(26(31)29-19-9-7-8-18(15-19)27(32)33)30-28(34)35-16-24-22-12-5-3-10-20(22)21-11-4-6-13-23(21)24/h3-7,9-13,17-19,24-25H,8,14-16H2,1-2H3,(H,29,31)(H,30,34)(H,32,33)/t18-,19-,25?/m0/s1. The molecule has 0 saturated heterocycles. The van der Waals surface area contributed by atoms with Gasteiger partial charge in [0.15, 0.2) is 0 Å². The van der Waals surface area contributed by atoms with Crippen molar-refractivity contribution in [1.29, 1.82) is 0 Å². The van der Waals surface area contributed by atoms with Crippen molar-refractivity contribution in [1.82, 2.24) is 10.6 Å². The number of fused-ring (bicyclic) bond motifs is 3. The monoisotopic (exact) mass is 476 g/mol. The van der Waals surface area contributed by atoms with Crippen LogP contribution in [0, 0.1) is 11.8 Å². The lowest BCUT2D eigenvalue weighted by Crippen LogP contribution is -2.50. The van der Waals surface area contributed by atoms with Crippen LogP contribution in [0.1, 0.15) is 50.2 Å². The zero-order valence-electron chi connectivity index (χ0n) is 20.1. The van der Waals surface area contributed by atoms with E-state index in [1.165, 1.54) is 0 Å². The molecule has 1 unspecified atom stereocenters. The minimum absolute atomic E-state index is 0.0640. The van der Waals surface area contributed by atoms with Gasteiger partial charge < -0.3 is 20.5 Å². The van der Waals surface area contributed by atoms with E-state index < -0.39 is 24.0 Å². The summed E-state index contributed by atoms with van der Waals surface area (Å²) in [6, 6.07) is 15.1. The number of hydrogen-bond acceptors (Lipinski definition) is 4. The van der Waals surface area contributed by atoms with Crippen LogP contribution in [0.25, 0.3) is 11.1 Å². The molecule has 2 amide bonds. The van der Waals surface area contributed by atoms with Crippen LogP contribution in [-0.4, -0.2) is 41.8 Å². The second kappa shape index (κ2) is 10.8. The zero-order valence-corrected chi connectivity index (χ0v) is 20.1. The van der Waals surface area contributed by atoms with E-state index in [4.69, 9.17) is 4.74 Å². The van der Waals surface area contributed by atoms with Crippen molar-refractivity contribution in [3.63, 3.8) is 0 Å². The summed E-state index contributed by atoms with van der Waals surface area (Å²) in [5.74, 6) is -1.64. The SMILES string of the molecule is CC(C)CC(NC(=O)OCC1c2ccccc2-c2ccccc21)C(=O)N[C@H]1C=CC[C@H](C(=O)O)C1. The van der Waals surface area contributed by atoms with E-state index in [9.17, 15) is 19.5 Å². The minimum atomic E-state index is -0.871. The van der Waals surface area contributed by atoms with Gasteiger partial charge in [-0.2, -0.15) is 0 Å². The average Bonchev–Trinajstić information content (AvgIpc) is 3.16. The Balaban J connectivity index is 1.38. The van der Waals surface area contributed by atoms with Gasteiger partial charge in [0.2, 0.25) is 5.91 Å². The molecule has 2 aromatic rings. The molecule has 0 heterocycles. The maximum Gasteiger partial charge on any atom is 0.407 e. The number of allylic oxidation sites excluding steroid dienone is 1. The molecule has 184 valence electrons. The Labute approximate surface area is 205 Å². The maximum absolute atomic E-state index is 13.0. The number of ether oxygens (including phenoxy) is 1. The van der Waals surface area contributed by atoms with Crippen molar-refractivity contribution in [3.8, 4) is 11.1 Å². The molecule has 0 aromatic heterocycles. The quantitative estimate of drug-likeness (QED) is 0.488. The van der Waals surface area contributed by atoms with Gasteiger partial charge in [-0.1, -0.05) is 74.5 Å². The van der Waals surface area contributed by atoms with Crippen molar-refractivity contribution >= 4 is 18.0 Å². The summed E-state index contributed by atoms with van der Waals surface area (Å²) < 4.78 is 5.62. The van der Waals surface area contributed by atoms with E-state index in [-0.39, 0.29) is 30.4 Å². The van der Waals surface area contributed by atoms with E-state index in [2.05, 4.69) is 34.9 Å². The smallest absolute Gasteiger partial charge is 0.407 e. The van der Waals surface area contributed by atoms with Gasteiger partial charge in [-0.3, -0.25) is 9.59 Å². The number of alkyl carbamates (subject to hydrolysis) is 1. The average molecular weight is 477 g/mol. The van der Waals surface area contributed by atoms with Crippen LogP contribution in [0.15, 0.2) is 60.7 Å². The minimum Gasteiger partial charge on any atom is -0.481 e. The van der Waals surface area contributed by atoms with Crippen LogP contribution in [0.3, 0.4) is 0 Å². The number of rotatable bonds is 8. The maximum atomic E-state index is 13.0. The molecule has 7 heteroatoms. The third-order valence-electron chi connectivity index (χ3n) is 6.66. The van der Waals surface area contributed by atoms with Crippen LogP contribution < -0.4 is 10.6 Å². The van der Waals surface area contributed by atoms with Crippen LogP contribution in [0.2, 0.25) is 0 Å². The summed E-state index contributed by atoms with van der Waals surface area (Å²) >= 11 is 0. The first-order chi connectivity index (χ1) is 16.8. The Bertz CT molecular complexity index is 1080. The third kappa shape index (κ3) is 5.73. The van der Waals surface area contributed by atoms with Crippen LogP contribution >= 0.6 is 0 Å². The highest BCUT2D eigenvalue weighted by atomic mass is 16.5. The molecule has 4 rings (SSSR count). The third-order valence-corrected chi connectivity index (χ3v) is 6.66. The zero-order chi connectivity index (χ0) is 24.9. The first-order valence-corrected chi connectivity index (χ1v) is 12.1. The molecule has 0 spiro atoms. The first-order valence-electron chi connectivity index (χ1n) is 12.1. The fourth-order valence-electron chi connectivity index (χ4n) is 4.97. The fourth-order valence-corrected chi connectivity index (χ4v) is 4.97. The molecule has 7 nitrogen and oxygen atoms in total. The van der Waals surface area contributed by atoms with E-state index in [1.54, 1.807) is 6.08 Å². The van der Waals surface area contributed by atoms with Crippen molar-refractivity contribution in [2.75, 3.05) is 6.61 Å². The normalized spacial score (nSPS) is 19.5. The van der Waals surface area contributed by atoms with Gasteiger partial charge in [0.25, 0.3) is 0 Å². The second-order valence-electron chi connectivity index (χ2n) is 9.70. The van der Waals surface area contributed by atoms with E-state index in [0.29, 0.717) is 19.3 Å². The van der Waals surface area contributed by atoms with Crippen LogP contribution in [0.5, 0.6) is 0 Å². The molecule has 0 bridgehead atoms. The highest BCUT2D eigenvalue weighted by molar-refractivity contribution is 5.86. The van der Waals surface area contributed by atoms with Gasteiger partial charge in [-0.05, 0) is 47.4 Å². The molecule has 0 aliphatic heterocycles. The van der Waals surface area contributed by atoms with Crippen molar-refractivity contribution in [2.45, 2.75) is 51.1 Å². The molecule has 2 aromatic carbocycles. The Morgan fingerprint density at radius 2 is 1.66 bits per heavy atom. The summed E-state index contributed by atoms with van der Waals surface area (Å²) in [4.78, 5) is 37.1. The number of carbonyl (C=O) groups is 3. The number of carboxylic acid groups (broad SMARTS) is 1. The predicted molar refractivity (Wildman–Crippen MR) is 133 cm³/mol. The first kappa shape index (κ1) is 24.5. The summed E-state index contributed by atoms with van der Waals surface area (Å²) in [6.45, 7) is 4.11. The second-order valence-corrected chi connectivity index (χ2v) is 9.70. The predicted octanol–water partition coefficient (Wildman–Crippen LogP) is 4.48. The summed E-state index contributed by atoms with van der Waals surface area (Å²) in [5, 5.41) is 14.9. The van der Waals surface area contributed by atoms with E-state index >= 15 is 0 Å². The molecule has 0 fully saturated rings. The van der Waals surface area contributed by atoms with E-state index in [1.807, 2.05) is 44.2 Å². The molecule has 3 atom stereocenters. The van der Waals surface area contributed by atoms with Crippen molar-refractivity contribution in [3.05, 3.63) is 71.8 Å². The lowest BCUT2D eigenvalue weighted by molar-refractivity contribution is -0.142. The summed E-state index contributed by atoms with van der Waals surface area (Å²) in [6.07, 6.45) is 4.18. The number of carboxylic acids is 1. The van der Waals surface area contributed by atoms with Crippen LogP contribution in [0.4, 0.5) is 4.79 Å². The van der Waals surface area contributed by atoms with Crippen molar-refractivity contribution < 1.29 is 24.2 Å². The number of carbonyl (C=O) groups excluding carboxylic acids is 2. The topological polar surface area (TPSA) is 105 Å². The van der Waals surface area contributed by atoms with E-state index in [0.717, 1.165) is 22.3 Å². The molecule has 3 N–H and O–H groups in total. The molecule has 0 saturated carbocycles. The van der Waals surface area contributed by atoms with Gasteiger partial charge in [-0.15, -0.1) is 0 Å². The van der Waals surface area contributed by atoms with Gasteiger partial charge in [0.1, 0.15) is 12.6 Å². The van der Waals surface area contributed by atoms with Crippen LogP contribution in [-0.2, 0) is 14.3 Å². The Morgan fingerprint density at radius 3 is 2.26 bits per heavy atom. The fraction of sp³-hybridized carbons (Fsp3) is 0.393. The molecule has 2 aliphatic carbocycles. The number of hydrogen-bond donors (Lipinski definition) is 3. The molecular formula is C28H32N2O5. The number of nitrogens with one attached hydrogen (secondary N) is 2. The largest absolute Gasteiger partial charge is 0.481 e. The van der Waals surface area contributed by atoms with Crippen molar-refractivity contribution in [2.24, 2.45) is 11.8 Å². The molecule has 35 heavy (non-hydrogen) atoms. The molecular weight excluding hydrogens is 444 g/mol. The summed E-state index contributed by atoms with van der Waals surface area (Å²) in [5.41, 5.74) is 4.54. The lowest BCUT2D eigenvalue weighted by Gasteiger charge is -2.26. The highest BCUT2D eigenvalue weighted by Crippen LogP contribution is 2.44. The van der Waals surface area contributed by atoms with Gasteiger partial charge >= 0.3 is 12.1 Å². The van der Waals surface area contributed by atoms with Gasteiger partial charge in [0, 0.05) is 12.0 Å². The lowest BCUT2D eigenvalue weighted by atomic mass is 9.91. The molecule has 2 aliphatic rings. The molecule has 0 radical (unpaired) electrons. The number of benzene rings is 2. The summed E-state index contributed by atoms with van der Waals surface area (Å²) in [7, 11) is 0. The Kier molecular flexibility index (Phi) is 7.54. The Morgan fingerprint density at radius 1 is 1.03 bits per heavy atom. The van der Waals surface area contributed by atoms with Gasteiger partial charge in [-0.25, -0.2) is 4.79 Å². The number of amides is 2. The number of aliphatic carboxylic acids is 1. The Hall–Kier alpha value is -3.61. The van der Waals surface area contributed by atoms with Gasteiger partial charge in [0.05, 0.1) is 5.92 Å². The highest BCUT2D eigenvalue weighted by Gasteiger charge is 2.31.